The summed E-state index contributed by atoms with van der Waals surface area (Å²) in [5, 5.41) is 2.33. The monoisotopic (exact) mass is 309 g/mol. The van der Waals surface area contributed by atoms with Gasteiger partial charge >= 0.3 is 0 Å². The van der Waals surface area contributed by atoms with Gasteiger partial charge in [0.25, 0.3) is 0 Å². The number of amides is 1. The first-order chi connectivity index (χ1) is 10.5. The summed E-state index contributed by atoms with van der Waals surface area (Å²) in [6.07, 6.45) is 1.69. The first-order valence-corrected chi connectivity index (χ1v) is 6.94. The van der Waals surface area contributed by atoms with Crippen LogP contribution in [0.5, 0.6) is 0 Å². The molecule has 1 amide bonds. The van der Waals surface area contributed by atoms with E-state index in [1.165, 1.54) is 0 Å². The van der Waals surface area contributed by atoms with Crippen molar-refractivity contribution in [2.45, 2.75) is 26.2 Å². The highest BCUT2D eigenvalue weighted by molar-refractivity contribution is 5.93. The zero-order valence-electron chi connectivity index (χ0n) is 11.8. The van der Waals surface area contributed by atoms with Crippen molar-refractivity contribution in [3.05, 3.63) is 46.8 Å². The van der Waals surface area contributed by atoms with Gasteiger partial charge in [0.05, 0.1) is 11.4 Å². The Bertz CT molecular complexity index is 742. The molecule has 4 nitrogen and oxygen atoms in total. The van der Waals surface area contributed by atoms with Gasteiger partial charge in [-0.25, -0.2) is 18.2 Å². The maximum absolute atomic E-state index is 13.6. The Morgan fingerprint density at radius 2 is 2.09 bits per heavy atom. The zero-order valence-corrected chi connectivity index (χ0v) is 11.8. The summed E-state index contributed by atoms with van der Waals surface area (Å²) in [5.41, 5.74) is 1.49. The standard InChI is InChI=1S/C15H14F3N3O/c1-7-19-10-4-2-8(6-12(10)20-7)15(22)21-11-5-3-9(16)13(17)14(11)18/h3,5,8H,2,4,6H2,1H3,(H,19,20)(H,21,22). The van der Waals surface area contributed by atoms with Gasteiger partial charge in [-0.2, -0.15) is 0 Å². The number of nitrogens with one attached hydrogen (secondary N) is 2. The molecule has 1 atom stereocenters. The van der Waals surface area contributed by atoms with Crippen molar-refractivity contribution in [2.24, 2.45) is 5.92 Å². The molecule has 0 aliphatic heterocycles. The number of hydrogen-bond acceptors (Lipinski definition) is 2. The number of hydrogen-bond donors (Lipinski definition) is 2. The number of halogens is 3. The molecule has 1 heterocycles. The van der Waals surface area contributed by atoms with E-state index < -0.39 is 23.4 Å². The van der Waals surface area contributed by atoms with E-state index in [4.69, 9.17) is 0 Å². The number of aryl methyl sites for hydroxylation is 2. The number of rotatable bonds is 2. The number of fused-ring (bicyclic) bond motifs is 1. The van der Waals surface area contributed by atoms with Crippen molar-refractivity contribution in [2.75, 3.05) is 5.32 Å². The van der Waals surface area contributed by atoms with Crippen LogP contribution in [0.25, 0.3) is 0 Å². The molecule has 7 heteroatoms. The summed E-state index contributed by atoms with van der Waals surface area (Å²) >= 11 is 0. The number of aromatic amines is 1. The Kier molecular flexibility index (Phi) is 3.64. The van der Waals surface area contributed by atoms with Gasteiger partial charge < -0.3 is 10.3 Å². The lowest BCUT2D eigenvalue weighted by atomic mass is 9.89. The van der Waals surface area contributed by atoms with Crippen LogP contribution in [0, 0.1) is 30.3 Å². The second kappa shape index (κ2) is 5.47. The van der Waals surface area contributed by atoms with Gasteiger partial charge in [0.2, 0.25) is 5.91 Å². The maximum atomic E-state index is 13.6. The summed E-state index contributed by atoms with van der Waals surface area (Å²) in [4.78, 5) is 19.6. The number of carbonyl (C=O) groups excluding carboxylic acids is 1. The molecule has 1 aliphatic carbocycles. The minimum Gasteiger partial charge on any atom is -0.346 e. The minimum absolute atomic E-state index is 0.351. The third kappa shape index (κ3) is 2.58. The van der Waals surface area contributed by atoms with E-state index in [0.717, 1.165) is 29.3 Å². The molecule has 0 radical (unpaired) electrons. The average Bonchev–Trinajstić information content (AvgIpc) is 2.86. The predicted molar refractivity (Wildman–Crippen MR) is 73.8 cm³/mol. The molecule has 1 aromatic carbocycles. The van der Waals surface area contributed by atoms with Crippen molar-refractivity contribution in [3.8, 4) is 0 Å². The van der Waals surface area contributed by atoms with Crippen LogP contribution >= 0.6 is 0 Å². The van der Waals surface area contributed by atoms with Crippen LogP contribution in [-0.4, -0.2) is 15.9 Å². The van der Waals surface area contributed by atoms with Crippen LogP contribution in [0.3, 0.4) is 0 Å². The van der Waals surface area contributed by atoms with Crippen LogP contribution in [-0.2, 0) is 17.6 Å². The Labute approximate surface area is 124 Å². The molecule has 2 aromatic rings. The Balaban J connectivity index is 1.75. The fourth-order valence-corrected chi connectivity index (χ4v) is 2.70. The molecule has 1 aromatic heterocycles. The molecule has 22 heavy (non-hydrogen) atoms. The van der Waals surface area contributed by atoms with Crippen LogP contribution in [0.2, 0.25) is 0 Å². The van der Waals surface area contributed by atoms with E-state index in [-0.39, 0.29) is 11.6 Å². The lowest BCUT2D eigenvalue weighted by molar-refractivity contribution is -0.120. The Morgan fingerprint density at radius 1 is 1.32 bits per heavy atom. The molecule has 3 rings (SSSR count). The smallest absolute Gasteiger partial charge is 0.227 e. The van der Waals surface area contributed by atoms with Crippen LogP contribution in [0.4, 0.5) is 18.9 Å². The normalized spacial score (nSPS) is 17.2. The van der Waals surface area contributed by atoms with Gasteiger partial charge in [0, 0.05) is 18.0 Å². The second-order valence-corrected chi connectivity index (χ2v) is 5.40. The molecule has 116 valence electrons. The second-order valence-electron chi connectivity index (χ2n) is 5.40. The SMILES string of the molecule is Cc1nc2c([nH]1)CC(C(=O)Nc1ccc(F)c(F)c1F)CC2. The van der Waals surface area contributed by atoms with Crippen LogP contribution in [0.1, 0.15) is 23.6 Å². The summed E-state index contributed by atoms with van der Waals surface area (Å²) in [7, 11) is 0. The number of benzene rings is 1. The van der Waals surface area contributed by atoms with Crippen molar-refractivity contribution in [1.82, 2.24) is 9.97 Å². The number of carbonyl (C=O) groups is 1. The van der Waals surface area contributed by atoms with Crippen molar-refractivity contribution in [1.29, 1.82) is 0 Å². The Morgan fingerprint density at radius 3 is 2.86 bits per heavy atom. The highest BCUT2D eigenvalue weighted by Gasteiger charge is 2.27. The summed E-state index contributed by atoms with van der Waals surface area (Å²) < 4.78 is 39.6. The summed E-state index contributed by atoms with van der Waals surface area (Å²) in [5.74, 6) is -4.25. The van der Waals surface area contributed by atoms with Crippen molar-refractivity contribution >= 4 is 11.6 Å². The molecule has 0 saturated carbocycles. The van der Waals surface area contributed by atoms with Crippen LogP contribution in [0.15, 0.2) is 12.1 Å². The third-order valence-electron chi connectivity index (χ3n) is 3.83. The molecule has 1 unspecified atom stereocenters. The fourth-order valence-electron chi connectivity index (χ4n) is 2.70. The minimum atomic E-state index is -1.59. The Hall–Kier alpha value is -2.31. The van der Waals surface area contributed by atoms with E-state index in [0.29, 0.717) is 19.3 Å². The number of anilines is 1. The van der Waals surface area contributed by atoms with E-state index in [1.807, 2.05) is 6.92 Å². The molecular formula is C15H14F3N3O. The number of nitrogens with zero attached hydrogens (tertiary/aromatic N) is 1. The number of aromatic nitrogens is 2. The highest BCUT2D eigenvalue weighted by Crippen LogP contribution is 2.26. The zero-order chi connectivity index (χ0) is 15.9. The first kappa shape index (κ1) is 14.6. The highest BCUT2D eigenvalue weighted by atomic mass is 19.2. The van der Waals surface area contributed by atoms with Gasteiger partial charge in [-0.3, -0.25) is 4.79 Å². The van der Waals surface area contributed by atoms with Gasteiger partial charge in [-0.15, -0.1) is 0 Å². The van der Waals surface area contributed by atoms with E-state index >= 15 is 0 Å². The topological polar surface area (TPSA) is 57.8 Å². The lowest BCUT2D eigenvalue weighted by Crippen LogP contribution is -2.28. The maximum Gasteiger partial charge on any atom is 0.227 e. The summed E-state index contributed by atoms with van der Waals surface area (Å²) in [6, 6.07) is 1.80. The van der Waals surface area contributed by atoms with E-state index in [1.54, 1.807) is 0 Å². The molecule has 0 spiro atoms. The van der Waals surface area contributed by atoms with Crippen LogP contribution < -0.4 is 5.32 Å². The third-order valence-corrected chi connectivity index (χ3v) is 3.83. The number of imidazole rings is 1. The quantitative estimate of drug-likeness (QED) is 0.838. The molecular weight excluding hydrogens is 295 g/mol. The van der Waals surface area contributed by atoms with Gasteiger partial charge in [0.1, 0.15) is 5.82 Å². The number of H-pyrrole nitrogens is 1. The van der Waals surface area contributed by atoms with Gasteiger partial charge in [-0.05, 0) is 31.9 Å². The lowest BCUT2D eigenvalue weighted by Gasteiger charge is -2.20. The average molecular weight is 309 g/mol. The fraction of sp³-hybridized carbons (Fsp3) is 0.333. The first-order valence-electron chi connectivity index (χ1n) is 6.94. The predicted octanol–water partition coefficient (Wildman–Crippen LogP) is 2.88. The summed E-state index contributed by atoms with van der Waals surface area (Å²) in [6.45, 7) is 1.84. The molecule has 1 aliphatic rings. The molecule has 0 saturated heterocycles. The molecule has 2 N–H and O–H groups in total. The largest absolute Gasteiger partial charge is 0.346 e. The van der Waals surface area contributed by atoms with Crippen molar-refractivity contribution < 1.29 is 18.0 Å². The molecule has 0 bridgehead atoms. The molecule has 0 fully saturated rings. The van der Waals surface area contributed by atoms with E-state index in [2.05, 4.69) is 15.3 Å². The van der Waals surface area contributed by atoms with Gasteiger partial charge in [-0.1, -0.05) is 0 Å². The van der Waals surface area contributed by atoms with E-state index in [9.17, 15) is 18.0 Å². The van der Waals surface area contributed by atoms with Crippen molar-refractivity contribution in [3.63, 3.8) is 0 Å². The van der Waals surface area contributed by atoms with Gasteiger partial charge in [0.15, 0.2) is 17.5 Å².